The number of carbonyl (C=O) groups excluding carboxylic acids is 1. The number of aryl methyl sites for hydroxylation is 1. The Kier molecular flexibility index (Phi) is 4.15. The van der Waals surface area contributed by atoms with Gasteiger partial charge in [-0.3, -0.25) is 4.79 Å². The molecule has 0 bridgehead atoms. The zero-order valence-corrected chi connectivity index (χ0v) is 9.64. The van der Waals surface area contributed by atoms with Gasteiger partial charge in [0.1, 0.15) is 6.42 Å². The van der Waals surface area contributed by atoms with E-state index in [2.05, 4.69) is 5.32 Å². The number of rotatable bonds is 3. The summed E-state index contributed by atoms with van der Waals surface area (Å²) in [6.07, 6.45) is -5.90. The quantitative estimate of drug-likeness (QED) is 0.870. The number of halogens is 3. The highest BCUT2D eigenvalue weighted by atomic mass is 19.4. The van der Waals surface area contributed by atoms with Gasteiger partial charge < -0.3 is 5.32 Å². The van der Waals surface area contributed by atoms with Gasteiger partial charge in [0.2, 0.25) is 5.91 Å². The predicted molar refractivity (Wildman–Crippen MR) is 58.4 cm³/mol. The zero-order valence-electron chi connectivity index (χ0n) is 9.64. The maximum absolute atomic E-state index is 12.0. The van der Waals surface area contributed by atoms with Crippen molar-refractivity contribution in [2.75, 3.05) is 0 Å². The van der Waals surface area contributed by atoms with Crippen LogP contribution in [0.5, 0.6) is 0 Å². The molecule has 0 heterocycles. The molecule has 1 aromatic rings. The van der Waals surface area contributed by atoms with Crippen molar-refractivity contribution in [1.29, 1.82) is 0 Å². The van der Waals surface area contributed by atoms with Crippen molar-refractivity contribution in [2.24, 2.45) is 0 Å². The number of hydrogen-bond acceptors (Lipinski definition) is 1. The molecule has 0 aromatic heterocycles. The zero-order chi connectivity index (χ0) is 13.1. The van der Waals surface area contributed by atoms with Crippen molar-refractivity contribution in [3.05, 3.63) is 35.4 Å². The van der Waals surface area contributed by atoms with Gasteiger partial charge in [0, 0.05) is 0 Å². The van der Waals surface area contributed by atoms with Crippen molar-refractivity contribution in [1.82, 2.24) is 5.32 Å². The van der Waals surface area contributed by atoms with Crippen molar-refractivity contribution in [2.45, 2.75) is 32.5 Å². The van der Waals surface area contributed by atoms with E-state index in [0.717, 1.165) is 11.1 Å². The average Bonchev–Trinajstić information content (AvgIpc) is 2.14. The minimum absolute atomic E-state index is 0.425. The van der Waals surface area contributed by atoms with Crippen LogP contribution >= 0.6 is 0 Å². The van der Waals surface area contributed by atoms with Crippen LogP contribution in [0.4, 0.5) is 13.2 Å². The Morgan fingerprint density at radius 3 is 2.47 bits per heavy atom. The Morgan fingerprint density at radius 1 is 1.35 bits per heavy atom. The lowest BCUT2D eigenvalue weighted by atomic mass is 10.0. The second-order valence-electron chi connectivity index (χ2n) is 3.94. The van der Waals surface area contributed by atoms with E-state index in [1.54, 1.807) is 19.1 Å². The molecule has 17 heavy (non-hydrogen) atoms. The molecule has 0 saturated heterocycles. The van der Waals surface area contributed by atoms with Crippen LogP contribution in [0.1, 0.15) is 30.5 Å². The second kappa shape index (κ2) is 5.21. The second-order valence-corrected chi connectivity index (χ2v) is 3.94. The highest BCUT2D eigenvalue weighted by Crippen LogP contribution is 2.21. The molecular formula is C12H14F3NO. The fourth-order valence-electron chi connectivity index (χ4n) is 1.62. The fraction of sp³-hybridized carbons (Fsp3) is 0.417. The lowest BCUT2D eigenvalue weighted by Crippen LogP contribution is -2.31. The van der Waals surface area contributed by atoms with Gasteiger partial charge in [-0.1, -0.05) is 24.3 Å². The summed E-state index contributed by atoms with van der Waals surface area (Å²) >= 11 is 0. The van der Waals surface area contributed by atoms with Crippen LogP contribution in [0.3, 0.4) is 0 Å². The first-order chi connectivity index (χ1) is 7.79. The molecule has 1 unspecified atom stereocenters. The predicted octanol–water partition coefficient (Wildman–Crippen LogP) is 3.12. The van der Waals surface area contributed by atoms with Gasteiger partial charge in [0.25, 0.3) is 0 Å². The third-order valence-corrected chi connectivity index (χ3v) is 2.39. The van der Waals surface area contributed by atoms with Crippen LogP contribution in [-0.2, 0) is 4.79 Å². The molecule has 94 valence electrons. The van der Waals surface area contributed by atoms with E-state index in [1.165, 1.54) is 0 Å². The molecule has 0 fully saturated rings. The molecule has 2 nitrogen and oxygen atoms in total. The number of amides is 1. The fourth-order valence-corrected chi connectivity index (χ4v) is 1.62. The molecule has 0 radical (unpaired) electrons. The van der Waals surface area contributed by atoms with Gasteiger partial charge in [0.05, 0.1) is 6.04 Å². The first kappa shape index (κ1) is 13.5. The van der Waals surface area contributed by atoms with Crippen molar-refractivity contribution in [3.8, 4) is 0 Å². The van der Waals surface area contributed by atoms with Crippen LogP contribution in [0.15, 0.2) is 24.3 Å². The van der Waals surface area contributed by atoms with E-state index in [4.69, 9.17) is 0 Å². The van der Waals surface area contributed by atoms with E-state index in [-0.39, 0.29) is 0 Å². The topological polar surface area (TPSA) is 29.1 Å². The summed E-state index contributed by atoms with van der Waals surface area (Å²) in [6, 6.07) is 6.83. The van der Waals surface area contributed by atoms with Gasteiger partial charge in [0.15, 0.2) is 0 Å². The summed E-state index contributed by atoms with van der Waals surface area (Å²) in [7, 11) is 0. The van der Waals surface area contributed by atoms with Crippen molar-refractivity contribution in [3.63, 3.8) is 0 Å². The number of nitrogens with one attached hydrogen (secondary N) is 1. The van der Waals surface area contributed by atoms with Crippen LogP contribution in [-0.4, -0.2) is 12.1 Å². The molecule has 0 spiro atoms. The summed E-state index contributed by atoms with van der Waals surface area (Å²) in [5, 5.41) is 2.33. The maximum atomic E-state index is 12.0. The molecule has 0 aliphatic rings. The molecule has 0 aliphatic heterocycles. The van der Waals surface area contributed by atoms with E-state index in [1.807, 2.05) is 19.1 Å². The van der Waals surface area contributed by atoms with Gasteiger partial charge in [-0.2, -0.15) is 13.2 Å². The van der Waals surface area contributed by atoms with Gasteiger partial charge in [-0.15, -0.1) is 0 Å². The number of alkyl halides is 3. The SMILES string of the molecule is Cc1ccccc1C(C)NC(=O)CC(F)(F)F. The average molecular weight is 245 g/mol. The largest absolute Gasteiger partial charge is 0.397 e. The van der Waals surface area contributed by atoms with Gasteiger partial charge in [-0.05, 0) is 25.0 Å². The van der Waals surface area contributed by atoms with Crippen LogP contribution in [0, 0.1) is 6.92 Å². The molecule has 1 aromatic carbocycles. The molecular weight excluding hydrogens is 231 g/mol. The Hall–Kier alpha value is -1.52. The first-order valence-corrected chi connectivity index (χ1v) is 5.21. The third kappa shape index (κ3) is 4.46. The van der Waals surface area contributed by atoms with E-state index in [9.17, 15) is 18.0 Å². The molecule has 5 heteroatoms. The molecule has 1 rings (SSSR count). The van der Waals surface area contributed by atoms with Crippen molar-refractivity contribution < 1.29 is 18.0 Å². The van der Waals surface area contributed by atoms with Crippen LogP contribution in [0.2, 0.25) is 0 Å². The smallest absolute Gasteiger partial charge is 0.349 e. The summed E-state index contributed by atoms with van der Waals surface area (Å²) in [6.45, 7) is 3.51. The Bertz CT molecular complexity index is 401. The standard InChI is InChI=1S/C12H14F3NO/c1-8-5-3-4-6-10(8)9(2)16-11(17)7-12(13,14)15/h3-6,9H,7H2,1-2H3,(H,16,17). The summed E-state index contributed by atoms with van der Waals surface area (Å²) in [5.41, 5.74) is 1.76. The summed E-state index contributed by atoms with van der Waals surface area (Å²) in [5.74, 6) is -1.01. The summed E-state index contributed by atoms with van der Waals surface area (Å²) in [4.78, 5) is 11.1. The third-order valence-electron chi connectivity index (χ3n) is 2.39. The number of carbonyl (C=O) groups is 1. The van der Waals surface area contributed by atoms with Crippen molar-refractivity contribution >= 4 is 5.91 Å². The van der Waals surface area contributed by atoms with E-state index < -0.39 is 24.5 Å². The minimum atomic E-state index is -4.46. The van der Waals surface area contributed by atoms with E-state index in [0.29, 0.717) is 0 Å². The monoisotopic (exact) mass is 245 g/mol. The molecule has 1 N–H and O–H groups in total. The highest BCUT2D eigenvalue weighted by Gasteiger charge is 2.31. The Labute approximate surface area is 97.8 Å². The maximum Gasteiger partial charge on any atom is 0.397 e. The summed E-state index contributed by atoms with van der Waals surface area (Å²) < 4.78 is 35.9. The molecule has 1 amide bonds. The Balaban J connectivity index is 2.64. The molecule has 0 aliphatic carbocycles. The Morgan fingerprint density at radius 2 is 1.94 bits per heavy atom. The van der Waals surface area contributed by atoms with Gasteiger partial charge >= 0.3 is 6.18 Å². The normalized spacial score (nSPS) is 13.2. The molecule has 0 saturated carbocycles. The highest BCUT2D eigenvalue weighted by molar-refractivity contribution is 5.77. The van der Waals surface area contributed by atoms with Crippen LogP contribution < -0.4 is 5.32 Å². The van der Waals surface area contributed by atoms with E-state index >= 15 is 0 Å². The number of hydrogen-bond donors (Lipinski definition) is 1. The van der Waals surface area contributed by atoms with Gasteiger partial charge in [-0.25, -0.2) is 0 Å². The lowest BCUT2D eigenvalue weighted by molar-refractivity contribution is -0.154. The van der Waals surface area contributed by atoms with Crippen LogP contribution in [0.25, 0.3) is 0 Å². The molecule has 1 atom stereocenters. The number of benzene rings is 1. The lowest BCUT2D eigenvalue weighted by Gasteiger charge is -2.17. The minimum Gasteiger partial charge on any atom is -0.349 e. The first-order valence-electron chi connectivity index (χ1n) is 5.21.